The molecule has 5 heteroatoms. The minimum Gasteiger partial charge on any atom is -0.391 e. The Morgan fingerprint density at radius 3 is 2.88 bits per heavy atom. The van der Waals surface area contributed by atoms with Gasteiger partial charge in [-0.05, 0) is 30.2 Å². The van der Waals surface area contributed by atoms with Crippen LogP contribution >= 0.6 is 11.6 Å². The molecule has 1 fully saturated rings. The zero-order valence-corrected chi connectivity index (χ0v) is 9.93. The molecule has 0 aliphatic carbocycles. The van der Waals surface area contributed by atoms with Crippen molar-refractivity contribution in [2.75, 3.05) is 18.0 Å². The van der Waals surface area contributed by atoms with E-state index in [-0.39, 0.29) is 11.4 Å². The molecule has 0 radical (unpaired) electrons. The maximum absolute atomic E-state index is 9.58. The Kier molecular flexibility index (Phi) is 2.61. The summed E-state index contributed by atoms with van der Waals surface area (Å²) in [7, 11) is 0. The Bertz CT molecular complexity index is 560. The molecule has 3 rings (SSSR count). The van der Waals surface area contributed by atoms with E-state index in [1.807, 2.05) is 24.3 Å². The summed E-state index contributed by atoms with van der Waals surface area (Å²) in [4.78, 5) is 10.5. The molecule has 1 N–H and O–H groups in total. The molecule has 1 aromatic heterocycles. The first kappa shape index (κ1) is 10.7. The molecular formula is C12H12ClN3O. The summed E-state index contributed by atoms with van der Waals surface area (Å²) in [5.74, 6) is 0.817. The van der Waals surface area contributed by atoms with Crippen LogP contribution in [0.25, 0.3) is 10.9 Å². The maximum Gasteiger partial charge on any atom is 0.224 e. The summed E-state index contributed by atoms with van der Waals surface area (Å²) in [5.41, 5.74) is 0.837. The van der Waals surface area contributed by atoms with E-state index in [4.69, 9.17) is 11.6 Å². The summed E-state index contributed by atoms with van der Waals surface area (Å²) in [6.45, 7) is 1.41. The summed E-state index contributed by atoms with van der Waals surface area (Å²) < 4.78 is 0. The normalized spacial score (nSPS) is 20.1. The van der Waals surface area contributed by atoms with Crippen LogP contribution in [0, 0.1) is 0 Å². The molecule has 1 atom stereocenters. The van der Waals surface area contributed by atoms with Gasteiger partial charge in [0.2, 0.25) is 5.28 Å². The van der Waals surface area contributed by atoms with E-state index in [0.29, 0.717) is 6.54 Å². The molecule has 0 spiro atoms. The second-order valence-electron chi connectivity index (χ2n) is 4.22. The first-order valence-electron chi connectivity index (χ1n) is 5.59. The van der Waals surface area contributed by atoms with E-state index in [1.54, 1.807) is 0 Å². The van der Waals surface area contributed by atoms with Gasteiger partial charge in [-0.25, -0.2) is 4.98 Å². The number of benzene rings is 1. The van der Waals surface area contributed by atoms with Crippen LogP contribution in [0.2, 0.25) is 5.28 Å². The van der Waals surface area contributed by atoms with Gasteiger partial charge in [-0.3, -0.25) is 0 Å². The van der Waals surface area contributed by atoms with Gasteiger partial charge in [0, 0.05) is 18.5 Å². The third-order valence-electron chi connectivity index (χ3n) is 3.02. The third-order valence-corrected chi connectivity index (χ3v) is 3.19. The number of anilines is 1. The van der Waals surface area contributed by atoms with Gasteiger partial charge in [-0.2, -0.15) is 4.98 Å². The number of fused-ring (bicyclic) bond motifs is 1. The van der Waals surface area contributed by atoms with E-state index >= 15 is 0 Å². The molecule has 2 heterocycles. The van der Waals surface area contributed by atoms with Gasteiger partial charge < -0.3 is 10.0 Å². The number of halogens is 1. The van der Waals surface area contributed by atoms with Crippen molar-refractivity contribution in [2.45, 2.75) is 12.5 Å². The first-order chi connectivity index (χ1) is 8.24. The van der Waals surface area contributed by atoms with Crippen molar-refractivity contribution in [3.05, 3.63) is 29.5 Å². The molecule has 0 saturated carbocycles. The summed E-state index contributed by atoms with van der Waals surface area (Å²) in [6.07, 6.45) is 0.498. The molecule has 0 bridgehead atoms. The third kappa shape index (κ3) is 1.94. The van der Waals surface area contributed by atoms with E-state index in [2.05, 4.69) is 14.9 Å². The highest BCUT2D eigenvalue weighted by Gasteiger charge is 2.23. The quantitative estimate of drug-likeness (QED) is 0.784. The van der Waals surface area contributed by atoms with Crippen LogP contribution in [-0.4, -0.2) is 34.3 Å². The Hall–Kier alpha value is -1.39. The van der Waals surface area contributed by atoms with Gasteiger partial charge in [0.15, 0.2) is 0 Å². The maximum atomic E-state index is 9.58. The number of aliphatic hydroxyl groups is 1. The molecule has 1 saturated heterocycles. The largest absolute Gasteiger partial charge is 0.391 e. The lowest BCUT2D eigenvalue weighted by Crippen LogP contribution is -2.22. The lowest BCUT2D eigenvalue weighted by molar-refractivity contribution is 0.198. The number of para-hydroxylation sites is 1. The molecule has 1 aliphatic heterocycles. The standard InChI is InChI=1S/C12H12ClN3O/c13-12-14-10-4-2-1-3-9(10)11(15-12)16-6-5-8(17)7-16/h1-4,8,17H,5-7H2. The second kappa shape index (κ2) is 4.13. The van der Waals surface area contributed by atoms with E-state index < -0.39 is 0 Å². The molecule has 1 unspecified atom stereocenters. The number of hydrogen-bond donors (Lipinski definition) is 1. The van der Waals surface area contributed by atoms with Crippen molar-refractivity contribution in [1.82, 2.24) is 9.97 Å². The number of hydrogen-bond acceptors (Lipinski definition) is 4. The fraction of sp³-hybridized carbons (Fsp3) is 0.333. The van der Waals surface area contributed by atoms with Gasteiger partial charge in [-0.1, -0.05) is 12.1 Å². The van der Waals surface area contributed by atoms with Crippen LogP contribution in [-0.2, 0) is 0 Å². The minimum absolute atomic E-state index is 0.250. The Balaban J connectivity index is 2.14. The highest BCUT2D eigenvalue weighted by Crippen LogP contribution is 2.27. The number of aliphatic hydroxyl groups excluding tert-OH is 1. The van der Waals surface area contributed by atoms with Crippen LogP contribution in [0.1, 0.15) is 6.42 Å². The van der Waals surface area contributed by atoms with Gasteiger partial charge >= 0.3 is 0 Å². The lowest BCUT2D eigenvalue weighted by Gasteiger charge is -2.18. The van der Waals surface area contributed by atoms with Gasteiger partial charge in [-0.15, -0.1) is 0 Å². The highest BCUT2D eigenvalue weighted by molar-refractivity contribution is 6.28. The number of rotatable bonds is 1. The Morgan fingerprint density at radius 2 is 2.12 bits per heavy atom. The van der Waals surface area contributed by atoms with Crippen molar-refractivity contribution >= 4 is 28.3 Å². The smallest absolute Gasteiger partial charge is 0.224 e. The van der Waals surface area contributed by atoms with E-state index in [1.165, 1.54) is 0 Å². The molecule has 1 aliphatic rings. The van der Waals surface area contributed by atoms with E-state index in [9.17, 15) is 5.11 Å². The highest BCUT2D eigenvalue weighted by atomic mass is 35.5. The molecular weight excluding hydrogens is 238 g/mol. The molecule has 88 valence electrons. The van der Waals surface area contributed by atoms with Crippen LogP contribution in [0.4, 0.5) is 5.82 Å². The van der Waals surface area contributed by atoms with Crippen molar-refractivity contribution in [1.29, 1.82) is 0 Å². The van der Waals surface area contributed by atoms with Crippen molar-refractivity contribution in [2.24, 2.45) is 0 Å². The zero-order valence-electron chi connectivity index (χ0n) is 9.17. The fourth-order valence-electron chi connectivity index (χ4n) is 2.21. The lowest BCUT2D eigenvalue weighted by atomic mass is 10.2. The molecule has 4 nitrogen and oxygen atoms in total. The number of nitrogens with zero attached hydrogens (tertiary/aromatic N) is 3. The van der Waals surface area contributed by atoms with Gasteiger partial charge in [0.05, 0.1) is 11.6 Å². The van der Waals surface area contributed by atoms with Crippen LogP contribution in [0.15, 0.2) is 24.3 Å². The second-order valence-corrected chi connectivity index (χ2v) is 4.56. The Labute approximate surface area is 104 Å². The zero-order chi connectivity index (χ0) is 11.8. The topological polar surface area (TPSA) is 49.2 Å². The first-order valence-corrected chi connectivity index (χ1v) is 5.97. The molecule has 0 amide bonds. The predicted molar refractivity (Wildman–Crippen MR) is 67.4 cm³/mol. The van der Waals surface area contributed by atoms with Crippen molar-refractivity contribution in [3.63, 3.8) is 0 Å². The molecule has 17 heavy (non-hydrogen) atoms. The van der Waals surface area contributed by atoms with Crippen molar-refractivity contribution < 1.29 is 5.11 Å². The summed E-state index contributed by atoms with van der Waals surface area (Å²) >= 11 is 5.93. The number of β-amino-alcohol motifs (C(OH)–C–C–N with tert-alkyl or cyclic N) is 1. The van der Waals surface area contributed by atoms with Crippen LogP contribution in [0.3, 0.4) is 0 Å². The van der Waals surface area contributed by atoms with Crippen molar-refractivity contribution in [3.8, 4) is 0 Å². The van der Waals surface area contributed by atoms with E-state index in [0.717, 1.165) is 29.7 Å². The van der Waals surface area contributed by atoms with Crippen LogP contribution < -0.4 is 4.90 Å². The summed E-state index contributed by atoms with van der Waals surface area (Å²) in [6, 6.07) is 7.77. The van der Waals surface area contributed by atoms with Gasteiger partial charge in [0.25, 0.3) is 0 Å². The molecule has 1 aromatic carbocycles. The minimum atomic E-state index is -0.275. The predicted octanol–water partition coefficient (Wildman–Crippen LogP) is 1.85. The Morgan fingerprint density at radius 1 is 1.29 bits per heavy atom. The average molecular weight is 250 g/mol. The SMILES string of the molecule is OC1CCN(c2nc(Cl)nc3ccccc23)C1. The monoisotopic (exact) mass is 249 g/mol. The van der Waals surface area contributed by atoms with Crippen LogP contribution in [0.5, 0.6) is 0 Å². The molecule has 2 aromatic rings. The number of aromatic nitrogens is 2. The summed E-state index contributed by atoms with van der Waals surface area (Å²) in [5, 5.41) is 10.8. The fourth-order valence-corrected chi connectivity index (χ4v) is 2.38. The average Bonchev–Trinajstić information content (AvgIpc) is 2.74. The van der Waals surface area contributed by atoms with Gasteiger partial charge in [0.1, 0.15) is 5.82 Å².